The van der Waals surface area contributed by atoms with Crippen molar-refractivity contribution in [1.29, 1.82) is 0 Å². The number of fused-ring (bicyclic) bond motifs is 1. The van der Waals surface area contributed by atoms with E-state index in [1.165, 1.54) is 0 Å². The molecule has 0 bridgehead atoms. The summed E-state index contributed by atoms with van der Waals surface area (Å²) in [6.45, 7) is 2.04. The van der Waals surface area contributed by atoms with Crippen LogP contribution in [-0.2, 0) is 6.42 Å². The number of aryl methyl sites for hydroxylation is 1. The maximum atomic E-state index is 11.1. The summed E-state index contributed by atoms with van der Waals surface area (Å²) in [4.78, 5) is 15.3. The lowest BCUT2D eigenvalue weighted by atomic mass is 10.3. The molecule has 0 aliphatic rings. The number of nitrogens with zero attached hydrogens (tertiary/aromatic N) is 3. The first kappa shape index (κ1) is 10.4. The smallest absolute Gasteiger partial charge is 0.320 e. The number of hydrogen-bond donors (Lipinski definition) is 2. The molecule has 0 aliphatic heterocycles. The van der Waals surface area contributed by atoms with Crippen LogP contribution in [0.25, 0.3) is 5.65 Å². The monoisotopic (exact) mass is 219 g/mol. The summed E-state index contributed by atoms with van der Waals surface area (Å²) < 4.78 is 1.66. The van der Waals surface area contributed by atoms with Gasteiger partial charge in [-0.1, -0.05) is 6.92 Å². The van der Waals surface area contributed by atoms with Crippen LogP contribution in [0, 0.1) is 0 Å². The first-order valence-corrected chi connectivity index (χ1v) is 5.07. The lowest BCUT2D eigenvalue weighted by molar-refractivity contribution is 0.254. The SMILES string of the molecule is CCc1ccc2nc(NC(=O)NC)cn2n1. The molecule has 0 atom stereocenters. The van der Waals surface area contributed by atoms with Crippen LogP contribution in [0.3, 0.4) is 0 Å². The lowest BCUT2D eigenvalue weighted by Gasteiger charge is -1.97. The van der Waals surface area contributed by atoms with Gasteiger partial charge in [-0.15, -0.1) is 0 Å². The zero-order valence-corrected chi connectivity index (χ0v) is 9.19. The van der Waals surface area contributed by atoms with Crippen LogP contribution in [-0.4, -0.2) is 27.7 Å². The molecule has 6 nitrogen and oxygen atoms in total. The second-order valence-corrected chi connectivity index (χ2v) is 3.31. The van der Waals surface area contributed by atoms with Crippen LogP contribution in [0.5, 0.6) is 0 Å². The molecule has 0 saturated carbocycles. The number of anilines is 1. The van der Waals surface area contributed by atoms with Gasteiger partial charge in [0.15, 0.2) is 11.5 Å². The molecule has 2 amide bonds. The summed E-state index contributed by atoms with van der Waals surface area (Å²) in [5.41, 5.74) is 1.69. The van der Waals surface area contributed by atoms with E-state index in [0.717, 1.165) is 12.1 Å². The third-order valence-corrected chi connectivity index (χ3v) is 2.21. The molecule has 2 heterocycles. The molecular formula is C10H13N5O. The Morgan fingerprint density at radius 1 is 1.50 bits per heavy atom. The van der Waals surface area contributed by atoms with E-state index in [9.17, 15) is 4.79 Å². The summed E-state index contributed by atoms with van der Waals surface area (Å²) in [6.07, 6.45) is 2.55. The number of imidazole rings is 1. The zero-order valence-electron chi connectivity index (χ0n) is 9.19. The molecule has 0 unspecified atom stereocenters. The number of nitrogens with one attached hydrogen (secondary N) is 2. The van der Waals surface area contributed by atoms with E-state index in [0.29, 0.717) is 11.5 Å². The molecule has 0 saturated heterocycles. The Labute approximate surface area is 92.7 Å². The Morgan fingerprint density at radius 2 is 2.31 bits per heavy atom. The Kier molecular flexibility index (Phi) is 2.72. The predicted octanol–water partition coefficient (Wildman–Crippen LogP) is 1.04. The maximum Gasteiger partial charge on any atom is 0.320 e. The minimum atomic E-state index is -0.292. The van der Waals surface area contributed by atoms with Gasteiger partial charge in [-0.3, -0.25) is 5.32 Å². The molecule has 0 aromatic carbocycles. The van der Waals surface area contributed by atoms with E-state index in [2.05, 4.69) is 20.7 Å². The van der Waals surface area contributed by atoms with Gasteiger partial charge in [0.1, 0.15) is 0 Å². The van der Waals surface area contributed by atoms with Crippen LogP contribution in [0.15, 0.2) is 18.3 Å². The van der Waals surface area contributed by atoms with E-state index in [1.807, 2.05) is 19.1 Å². The highest BCUT2D eigenvalue weighted by molar-refractivity contribution is 5.88. The van der Waals surface area contributed by atoms with Gasteiger partial charge in [0, 0.05) is 7.05 Å². The van der Waals surface area contributed by atoms with Gasteiger partial charge >= 0.3 is 6.03 Å². The van der Waals surface area contributed by atoms with Crippen LogP contribution < -0.4 is 10.6 Å². The third kappa shape index (κ3) is 1.95. The topological polar surface area (TPSA) is 71.3 Å². The fourth-order valence-corrected chi connectivity index (χ4v) is 1.35. The van der Waals surface area contributed by atoms with Crippen molar-refractivity contribution in [2.24, 2.45) is 0 Å². The molecule has 2 aromatic rings. The van der Waals surface area contributed by atoms with Crippen molar-refractivity contribution in [3.63, 3.8) is 0 Å². The predicted molar refractivity (Wildman–Crippen MR) is 60.4 cm³/mol. The molecule has 6 heteroatoms. The van der Waals surface area contributed by atoms with Crippen LogP contribution >= 0.6 is 0 Å². The highest BCUT2D eigenvalue weighted by atomic mass is 16.2. The van der Waals surface area contributed by atoms with Crippen molar-refractivity contribution in [3.8, 4) is 0 Å². The van der Waals surface area contributed by atoms with Crippen molar-refractivity contribution in [2.75, 3.05) is 12.4 Å². The molecule has 16 heavy (non-hydrogen) atoms. The summed E-state index contributed by atoms with van der Waals surface area (Å²) in [5, 5.41) is 9.39. The van der Waals surface area contributed by atoms with E-state index < -0.39 is 0 Å². The molecule has 0 aliphatic carbocycles. The quantitative estimate of drug-likeness (QED) is 0.792. The number of carbonyl (C=O) groups is 1. The second-order valence-electron chi connectivity index (χ2n) is 3.31. The Balaban J connectivity index is 2.32. The molecule has 84 valence electrons. The number of carbonyl (C=O) groups excluding carboxylic acids is 1. The van der Waals surface area contributed by atoms with Gasteiger partial charge in [-0.2, -0.15) is 5.10 Å². The molecular weight excluding hydrogens is 206 g/mol. The average Bonchev–Trinajstić information content (AvgIpc) is 2.69. The Morgan fingerprint density at radius 3 is 3.00 bits per heavy atom. The summed E-state index contributed by atoms with van der Waals surface area (Å²) >= 11 is 0. The van der Waals surface area contributed by atoms with E-state index in [4.69, 9.17) is 0 Å². The standard InChI is InChI=1S/C10H13N5O/c1-3-7-4-5-9-12-8(6-15(9)14-7)13-10(16)11-2/h4-6H,3H2,1-2H3,(H2,11,13,16). The first-order chi connectivity index (χ1) is 7.72. The van der Waals surface area contributed by atoms with Gasteiger partial charge in [-0.25, -0.2) is 14.3 Å². The second kappa shape index (κ2) is 4.18. The molecule has 2 aromatic heterocycles. The van der Waals surface area contributed by atoms with Gasteiger partial charge < -0.3 is 5.32 Å². The fourth-order valence-electron chi connectivity index (χ4n) is 1.35. The molecule has 2 rings (SSSR count). The van der Waals surface area contributed by atoms with E-state index >= 15 is 0 Å². The fraction of sp³-hybridized carbons (Fsp3) is 0.300. The summed E-state index contributed by atoms with van der Waals surface area (Å²) in [5.74, 6) is 0.486. The van der Waals surface area contributed by atoms with Gasteiger partial charge in [0.25, 0.3) is 0 Å². The van der Waals surface area contributed by atoms with Gasteiger partial charge in [0.05, 0.1) is 11.9 Å². The van der Waals surface area contributed by atoms with E-state index in [-0.39, 0.29) is 6.03 Å². The normalized spacial score (nSPS) is 10.4. The van der Waals surface area contributed by atoms with E-state index in [1.54, 1.807) is 17.8 Å². The van der Waals surface area contributed by atoms with Gasteiger partial charge in [0.2, 0.25) is 0 Å². The number of rotatable bonds is 2. The third-order valence-electron chi connectivity index (χ3n) is 2.21. The van der Waals surface area contributed by atoms with Crippen LogP contribution in [0.4, 0.5) is 10.6 Å². The number of amides is 2. The van der Waals surface area contributed by atoms with Crippen molar-refractivity contribution in [1.82, 2.24) is 19.9 Å². The van der Waals surface area contributed by atoms with Gasteiger partial charge in [-0.05, 0) is 18.6 Å². The maximum absolute atomic E-state index is 11.1. The van der Waals surface area contributed by atoms with Crippen molar-refractivity contribution < 1.29 is 4.79 Å². The Bertz CT molecular complexity index is 519. The number of urea groups is 1. The summed E-state index contributed by atoms with van der Waals surface area (Å²) in [6, 6.07) is 3.51. The van der Waals surface area contributed by atoms with Crippen molar-refractivity contribution >= 4 is 17.5 Å². The number of hydrogen-bond acceptors (Lipinski definition) is 3. The zero-order chi connectivity index (χ0) is 11.5. The van der Waals surface area contributed by atoms with Crippen molar-refractivity contribution in [3.05, 3.63) is 24.0 Å². The highest BCUT2D eigenvalue weighted by Crippen LogP contribution is 2.08. The molecule has 0 radical (unpaired) electrons. The minimum absolute atomic E-state index is 0.292. The molecule has 0 spiro atoms. The molecule has 2 N–H and O–H groups in total. The highest BCUT2D eigenvalue weighted by Gasteiger charge is 2.05. The number of aromatic nitrogens is 3. The summed E-state index contributed by atoms with van der Waals surface area (Å²) in [7, 11) is 1.55. The first-order valence-electron chi connectivity index (χ1n) is 5.07. The average molecular weight is 219 g/mol. The minimum Gasteiger partial charge on any atom is -0.341 e. The lowest BCUT2D eigenvalue weighted by Crippen LogP contribution is -2.24. The largest absolute Gasteiger partial charge is 0.341 e. The van der Waals surface area contributed by atoms with Crippen molar-refractivity contribution in [2.45, 2.75) is 13.3 Å². The Hall–Kier alpha value is -2.11. The van der Waals surface area contributed by atoms with Crippen LogP contribution in [0.1, 0.15) is 12.6 Å². The van der Waals surface area contributed by atoms with Crippen LogP contribution in [0.2, 0.25) is 0 Å². The molecule has 0 fully saturated rings.